The van der Waals surface area contributed by atoms with Crippen molar-refractivity contribution in [3.63, 3.8) is 0 Å². The fraction of sp³-hybridized carbons (Fsp3) is 0.316. The molecule has 3 rings (SSSR count). The number of nitrogens with zero attached hydrogens (tertiary/aromatic N) is 1. The maximum Gasteiger partial charge on any atom is 0.338 e. The molecule has 27 heavy (non-hydrogen) atoms. The van der Waals surface area contributed by atoms with Crippen LogP contribution in [-0.4, -0.2) is 44.9 Å². The number of hydrogen-bond acceptors (Lipinski definition) is 5. The third kappa shape index (κ3) is 4.16. The van der Waals surface area contributed by atoms with Gasteiger partial charge < -0.3 is 10.5 Å². The van der Waals surface area contributed by atoms with Crippen LogP contribution in [0.1, 0.15) is 27.4 Å². The number of sulfonamides is 1. The zero-order chi connectivity index (χ0) is 18.9. The van der Waals surface area contributed by atoms with E-state index in [1.165, 1.54) is 23.5 Å². The molecule has 1 fully saturated rings. The molecule has 1 aliphatic rings. The Morgan fingerprint density at radius 2 is 1.81 bits per heavy atom. The lowest BCUT2D eigenvalue weighted by Gasteiger charge is -2.17. The van der Waals surface area contributed by atoms with Gasteiger partial charge in [0, 0.05) is 25.0 Å². The Morgan fingerprint density at radius 1 is 1.15 bits per heavy atom. The molecule has 0 bridgehead atoms. The van der Waals surface area contributed by atoms with Gasteiger partial charge in [0.05, 0.1) is 17.6 Å². The smallest absolute Gasteiger partial charge is 0.338 e. The highest BCUT2D eigenvalue weighted by Gasteiger charge is 2.38. The highest BCUT2D eigenvalue weighted by molar-refractivity contribution is 7.89. The lowest BCUT2D eigenvalue weighted by atomic mass is 9.95. The first-order chi connectivity index (χ1) is 12.3. The number of ether oxygens (including phenoxy) is 1. The molecule has 6 nitrogen and oxygen atoms in total. The minimum absolute atomic E-state index is 0. The predicted octanol–water partition coefficient (Wildman–Crippen LogP) is 2.32. The Balaban J connectivity index is 0.00000261. The molecule has 1 heterocycles. The van der Waals surface area contributed by atoms with Crippen molar-refractivity contribution >= 4 is 28.4 Å². The molecule has 146 valence electrons. The maximum absolute atomic E-state index is 13.0. The summed E-state index contributed by atoms with van der Waals surface area (Å²) in [6, 6.07) is 13.9. The summed E-state index contributed by atoms with van der Waals surface area (Å²) in [6.07, 6.45) is 0. The minimum atomic E-state index is -3.75. The molecule has 0 spiro atoms. The van der Waals surface area contributed by atoms with Gasteiger partial charge in [-0.15, -0.1) is 12.4 Å². The van der Waals surface area contributed by atoms with Gasteiger partial charge in [0.1, 0.15) is 0 Å². The van der Waals surface area contributed by atoms with Gasteiger partial charge in [-0.05, 0) is 30.2 Å². The van der Waals surface area contributed by atoms with Crippen LogP contribution in [0.4, 0.5) is 0 Å². The van der Waals surface area contributed by atoms with Gasteiger partial charge in [0.25, 0.3) is 0 Å². The van der Waals surface area contributed by atoms with Crippen LogP contribution >= 0.6 is 12.4 Å². The van der Waals surface area contributed by atoms with E-state index in [1.807, 2.05) is 30.3 Å². The van der Waals surface area contributed by atoms with Gasteiger partial charge in [-0.1, -0.05) is 36.4 Å². The number of carbonyl (C=O) groups excluding carboxylic acids is 1. The third-order valence-corrected chi connectivity index (χ3v) is 6.64. The lowest BCUT2D eigenvalue weighted by molar-refractivity contribution is 0.0599. The molecule has 0 saturated carbocycles. The highest BCUT2D eigenvalue weighted by atomic mass is 35.5. The molecule has 2 aromatic rings. The average Bonchev–Trinajstić information content (AvgIpc) is 3.04. The molecular weight excluding hydrogens is 388 g/mol. The number of carbonyl (C=O) groups is 1. The second-order valence-electron chi connectivity index (χ2n) is 6.47. The Labute approximate surface area is 165 Å². The molecule has 0 unspecified atom stereocenters. The summed E-state index contributed by atoms with van der Waals surface area (Å²) in [7, 11) is -2.48. The molecule has 1 saturated heterocycles. The molecule has 0 aliphatic carbocycles. The standard InChI is InChI=1S/C19H22N2O4S.ClH/c1-13-8-9-15(10-16(13)19(22)25-2)26(23,24)21-11-17(18(20)12-21)14-6-4-3-5-7-14;/h3-10,17-18H,11-12,20H2,1-2H3;1H/t17-,18+;/m0./s1. The number of hydrogen-bond donors (Lipinski definition) is 1. The number of rotatable bonds is 4. The number of benzene rings is 2. The second-order valence-corrected chi connectivity index (χ2v) is 8.41. The van der Waals surface area contributed by atoms with Crippen molar-refractivity contribution in [1.29, 1.82) is 0 Å². The first kappa shape index (κ1) is 21.4. The van der Waals surface area contributed by atoms with E-state index in [0.29, 0.717) is 12.1 Å². The number of halogens is 1. The van der Waals surface area contributed by atoms with Crippen LogP contribution in [0, 0.1) is 6.92 Å². The summed E-state index contributed by atoms with van der Waals surface area (Å²) in [6.45, 7) is 2.29. The Hall–Kier alpha value is -1.93. The van der Waals surface area contributed by atoms with Crippen LogP contribution in [0.3, 0.4) is 0 Å². The van der Waals surface area contributed by atoms with Crippen LogP contribution in [0.2, 0.25) is 0 Å². The first-order valence-corrected chi connectivity index (χ1v) is 9.78. The number of esters is 1. The number of aryl methyl sites for hydroxylation is 1. The van der Waals surface area contributed by atoms with Crippen molar-refractivity contribution in [2.75, 3.05) is 20.2 Å². The van der Waals surface area contributed by atoms with E-state index in [0.717, 1.165) is 5.56 Å². The minimum Gasteiger partial charge on any atom is -0.465 e. The van der Waals surface area contributed by atoms with Crippen LogP contribution in [-0.2, 0) is 14.8 Å². The van der Waals surface area contributed by atoms with Crippen molar-refractivity contribution in [3.8, 4) is 0 Å². The lowest BCUT2D eigenvalue weighted by Crippen LogP contribution is -2.32. The third-order valence-electron chi connectivity index (χ3n) is 4.81. The number of nitrogens with two attached hydrogens (primary N) is 1. The largest absolute Gasteiger partial charge is 0.465 e. The highest BCUT2D eigenvalue weighted by Crippen LogP contribution is 2.31. The van der Waals surface area contributed by atoms with Crippen molar-refractivity contribution in [2.45, 2.75) is 23.8 Å². The van der Waals surface area contributed by atoms with E-state index in [1.54, 1.807) is 13.0 Å². The van der Waals surface area contributed by atoms with E-state index < -0.39 is 16.0 Å². The van der Waals surface area contributed by atoms with Gasteiger partial charge in [-0.3, -0.25) is 0 Å². The molecule has 8 heteroatoms. The van der Waals surface area contributed by atoms with E-state index >= 15 is 0 Å². The topological polar surface area (TPSA) is 89.7 Å². The SMILES string of the molecule is COC(=O)c1cc(S(=O)(=O)N2C[C@@H](N)[C@H](c3ccccc3)C2)ccc1C.Cl. The summed E-state index contributed by atoms with van der Waals surface area (Å²) >= 11 is 0. The summed E-state index contributed by atoms with van der Waals surface area (Å²) in [4.78, 5) is 11.9. The quantitative estimate of drug-likeness (QED) is 0.781. The maximum atomic E-state index is 13.0. The van der Waals surface area contributed by atoms with Gasteiger partial charge in [0.15, 0.2) is 0 Å². The van der Waals surface area contributed by atoms with Crippen LogP contribution in [0.25, 0.3) is 0 Å². The van der Waals surface area contributed by atoms with Gasteiger partial charge >= 0.3 is 5.97 Å². The van der Waals surface area contributed by atoms with E-state index in [4.69, 9.17) is 10.5 Å². The van der Waals surface area contributed by atoms with Crippen LogP contribution < -0.4 is 5.73 Å². The Kier molecular flexibility index (Phi) is 6.64. The predicted molar refractivity (Wildman–Crippen MR) is 106 cm³/mol. The summed E-state index contributed by atoms with van der Waals surface area (Å²) in [5, 5.41) is 0. The fourth-order valence-electron chi connectivity index (χ4n) is 3.28. The van der Waals surface area contributed by atoms with Gasteiger partial charge in [0.2, 0.25) is 10.0 Å². The fourth-order valence-corrected chi connectivity index (χ4v) is 4.81. The van der Waals surface area contributed by atoms with E-state index in [9.17, 15) is 13.2 Å². The molecule has 0 radical (unpaired) electrons. The average molecular weight is 411 g/mol. The summed E-state index contributed by atoms with van der Waals surface area (Å²) < 4.78 is 32.2. The molecule has 0 aromatic heterocycles. The monoisotopic (exact) mass is 410 g/mol. The first-order valence-electron chi connectivity index (χ1n) is 8.34. The van der Waals surface area contributed by atoms with Crippen molar-refractivity contribution in [2.24, 2.45) is 5.73 Å². The Bertz CT molecular complexity index is 919. The molecule has 2 aromatic carbocycles. The second kappa shape index (κ2) is 8.39. The molecule has 2 atom stereocenters. The van der Waals surface area contributed by atoms with Crippen LogP contribution in [0.15, 0.2) is 53.4 Å². The van der Waals surface area contributed by atoms with E-state index in [2.05, 4.69) is 0 Å². The van der Waals surface area contributed by atoms with Gasteiger partial charge in [-0.2, -0.15) is 4.31 Å². The van der Waals surface area contributed by atoms with Gasteiger partial charge in [-0.25, -0.2) is 13.2 Å². The zero-order valence-corrected chi connectivity index (χ0v) is 16.8. The van der Waals surface area contributed by atoms with Crippen molar-refractivity contribution in [1.82, 2.24) is 4.31 Å². The molecule has 2 N–H and O–H groups in total. The molecular formula is C19H23ClN2O4S. The van der Waals surface area contributed by atoms with Crippen molar-refractivity contribution in [3.05, 3.63) is 65.2 Å². The summed E-state index contributed by atoms with van der Waals surface area (Å²) in [5.74, 6) is -0.615. The summed E-state index contributed by atoms with van der Waals surface area (Å²) in [5.41, 5.74) is 8.15. The Morgan fingerprint density at radius 3 is 2.44 bits per heavy atom. The van der Waals surface area contributed by atoms with Crippen molar-refractivity contribution < 1.29 is 17.9 Å². The zero-order valence-electron chi connectivity index (χ0n) is 15.2. The molecule has 0 amide bonds. The molecule has 1 aliphatic heterocycles. The number of methoxy groups -OCH3 is 1. The van der Waals surface area contributed by atoms with Crippen LogP contribution in [0.5, 0.6) is 0 Å². The normalized spacial score (nSPS) is 20.1. The van der Waals surface area contributed by atoms with E-state index in [-0.39, 0.29) is 41.4 Å².